The van der Waals surface area contributed by atoms with Crippen LogP contribution in [0, 0.1) is 11.8 Å². The lowest BCUT2D eigenvalue weighted by Gasteiger charge is -2.21. The standard InChI is InChI=1S/C24H28F3N3O2.C2H6/c1-4-6-11-28-16(3)29-21(5-2)23(31)30-14-18-12-17(13-19(18)15-30)20-9-7-8-10-22(20)32-24(25,26)27;1-2/h4-11,17-19H,12-15H2,1-3H3;1-2H3/b6-4-,21-5-,28-11?,29-16?;/t17?,18-,19+;. The smallest absolute Gasteiger partial charge is 0.405 e. The van der Waals surface area contributed by atoms with Crippen molar-refractivity contribution in [2.45, 2.75) is 59.7 Å². The molecule has 5 nitrogen and oxygen atoms in total. The van der Waals surface area contributed by atoms with Crippen molar-refractivity contribution in [2.75, 3.05) is 13.1 Å². The van der Waals surface area contributed by atoms with Crippen molar-refractivity contribution in [3.05, 3.63) is 53.8 Å². The van der Waals surface area contributed by atoms with Gasteiger partial charge in [0.2, 0.25) is 0 Å². The molecule has 3 atom stereocenters. The van der Waals surface area contributed by atoms with E-state index in [-0.39, 0.29) is 29.4 Å². The molecule has 8 heteroatoms. The van der Waals surface area contributed by atoms with Gasteiger partial charge in [0.05, 0.1) is 0 Å². The molecule has 1 unspecified atom stereocenters. The van der Waals surface area contributed by atoms with E-state index in [0.29, 0.717) is 30.2 Å². The lowest BCUT2D eigenvalue weighted by molar-refractivity contribution is -0.275. The van der Waals surface area contributed by atoms with Crippen molar-refractivity contribution >= 4 is 18.0 Å². The number of allylic oxidation sites excluding steroid dienone is 3. The lowest BCUT2D eigenvalue weighted by Crippen LogP contribution is -2.31. The number of nitrogens with zero attached hydrogens (tertiary/aromatic N) is 3. The number of amides is 1. The summed E-state index contributed by atoms with van der Waals surface area (Å²) >= 11 is 0. The van der Waals surface area contributed by atoms with Crippen molar-refractivity contribution in [1.29, 1.82) is 0 Å². The number of alkyl halides is 3. The van der Waals surface area contributed by atoms with Crippen LogP contribution in [0.3, 0.4) is 0 Å². The van der Waals surface area contributed by atoms with Crippen LogP contribution >= 0.6 is 0 Å². The number of fused-ring (bicyclic) bond motifs is 1. The first kappa shape index (κ1) is 27.3. The van der Waals surface area contributed by atoms with Gasteiger partial charge in [0, 0.05) is 19.3 Å². The molecule has 186 valence electrons. The van der Waals surface area contributed by atoms with Gasteiger partial charge in [-0.3, -0.25) is 4.79 Å². The van der Waals surface area contributed by atoms with Crippen molar-refractivity contribution in [3.63, 3.8) is 0 Å². The van der Waals surface area contributed by atoms with Gasteiger partial charge < -0.3 is 9.64 Å². The van der Waals surface area contributed by atoms with E-state index < -0.39 is 6.36 Å². The lowest BCUT2D eigenvalue weighted by atomic mass is 9.95. The van der Waals surface area contributed by atoms with Crippen LogP contribution in [0.25, 0.3) is 0 Å². The van der Waals surface area contributed by atoms with E-state index in [2.05, 4.69) is 14.7 Å². The maximum Gasteiger partial charge on any atom is 0.573 e. The molecule has 1 saturated heterocycles. The fraction of sp³-hybridized carbons (Fsp3) is 0.500. The molecule has 0 bridgehead atoms. The van der Waals surface area contributed by atoms with Crippen molar-refractivity contribution in [1.82, 2.24) is 4.90 Å². The van der Waals surface area contributed by atoms with Crippen molar-refractivity contribution in [3.8, 4) is 5.75 Å². The number of ether oxygens (including phenoxy) is 1. The van der Waals surface area contributed by atoms with Crippen LogP contribution in [-0.2, 0) is 4.79 Å². The predicted molar refractivity (Wildman–Crippen MR) is 130 cm³/mol. The van der Waals surface area contributed by atoms with Crippen LogP contribution in [0.15, 0.2) is 58.2 Å². The van der Waals surface area contributed by atoms with E-state index in [1.54, 1.807) is 55.3 Å². The zero-order valence-electron chi connectivity index (χ0n) is 20.5. The second-order valence-corrected chi connectivity index (χ2v) is 8.12. The summed E-state index contributed by atoms with van der Waals surface area (Å²) in [5.41, 5.74) is 0.936. The first-order valence-electron chi connectivity index (χ1n) is 11.7. The molecule has 3 rings (SSSR count). The summed E-state index contributed by atoms with van der Waals surface area (Å²) in [6.45, 7) is 10.5. The molecule has 1 aromatic carbocycles. The Hall–Kier alpha value is -2.90. The number of aliphatic imine (C=N–C) groups is 2. The number of halogens is 3. The van der Waals surface area contributed by atoms with Crippen LogP contribution in [0.1, 0.15) is 58.9 Å². The van der Waals surface area contributed by atoms with E-state index in [0.717, 1.165) is 12.8 Å². The molecule has 34 heavy (non-hydrogen) atoms. The van der Waals surface area contributed by atoms with E-state index in [1.807, 2.05) is 26.8 Å². The van der Waals surface area contributed by atoms with E-state index in [4.69, 9.17) is 0 Å². The van der Waals surface area contributed by atoms with Crippen LogP contribution in [-0.4, -0.2) is 42.3 Å². The number of benzene rings is 1. The SMILES string of the molecule is C/C=C\C=NC(C)=N/C(=C\C)C(=O)N1C[C@H]2CC(c3ccccc3OC(F)(F)F)C[C@H]2C1.CC. The largest absolute Gasteiger partial charge is 0.573 e. The Balaban J connectivity index is 0.00000199. The van der Waals surface area contributed by atoms with Crippen molar-refractivity contribution < 1.29 is 22.7 Å². The maximum absolute atomic E-state index is 13.0. The highest BCUT2D eigenvalue weighted by molar-refractivity contribution is 5.98. The zero-order valence-corrected chi connectivity index (χ0v) is 20.5. The van der Waals surface area contributed by atoms with E-state index in [9.17, 15) is 18.0 Å². The quantitative estimate of drug-likeness (QED) is 0.275. The first-order chi connectivity index (χ1) is 16.2. The first-order valence-corrected chi connectivity index (χ1v) is 11.7. The van der Waals surface area contributed by atoms with Gasteiger partial charge in [0.25, 0.3) is 5.91 Å². The minimum absolute atomic E-state index is 0.0109. The van der Waals surface area contributed by atoms with E-state index >= 15 is 0 Å². The van der Waals surface area contributed by atoms with E-state index in [1.165, 1.54) is 6.07 Å². The Morgan fingerprint density at radius 3 is 2.29 bits per heavy atom. The zero-order chi connectivity index (χ0) is 25.3. The molecule has 0 N–H and O–H groups in total. The molecule has 0 aromatic heterocycles. The Bertz CT molecular complexity index is 937. The third-order valence-electron chi connectivity index (χ3n) is 5.94. The third kappa shape index (κ3) is 7.30. The summed E-state index contributed by atoms with van der Waals surface area (Å²) in [6, 6.07) is 6.36. The number of likely N-dealkylation sites (tertiary alicyclic amines) is 1. The minimum Gasteiger partial charge on any atom is -0.405 e. The molecule has 1 aromatic rings. The van der Waals surface area contributed by atoms with Gasteiger partial charge >= 0.3 is 6.36 Å². The highest BCUT2D eigenvalue weighted by Gasteiger charge is 2.44. The molecule has 2 fully saturated rings. The van der Waals surface area contributed by atoms with Gasteiger partial charge in [-0.2, -0.15) is 0 Å². The Morgan fingerprint density at radius 2 is 1.74 bits per heavy atom. The molecule has 1 saturated carbocycles. The minimum atomic E-state index is -4.72. The number of hydrogen-bond acceptors (Lipinski definition) is 3. The predicted octanol–water partition coefficient (Wildman–Crippen LogP) is 6.53. The van der Waals surface area contributed by atoms with Crippen LogP contribution in [0.4, 0.5) is 13.2 Å². The summed E-state index contributed by atoms with van der Waals surface area (Å²) in [5.74, 6) is 0.711. The average Bonchev–Trinajstić information content (AvgIpc) is 3.37. The summed E-state index contributed by atoms with van der Waals surface area (Å²) in [6.07, 6.45) is 3.68. The number of carbonyl (C=O) groups is 1. The van der Waals surface area contributed by atoms with Crippen LogP contribution < -0.4 is 4.74 Å². The average molecular weight is 478 g/mol. The van der Waals surface area contributed by atoms with Gasteiger partial charge in [0.15, 0.2) is 0 Å². The normalized spacial score (nSPS) is 23.3. The highest BCUT2D eigenvalue weighted by atomic mass is 19.4. The number of rotatable bonds is 5. The van der Waals surface area contributed by atoms with Gasteiger partial charge in [-0.1, -0.05) is 44.2 Å². The molecule has 1 heterocycles. The van der Waals surface area contributed by atoms with Crippen molar-refractivity contribution in [2.24, 2.45) is 21.8 Å². The summed E-state index contributed by atoms with van der Waals surface area (Å²) in [4.78, 5) is 23.3. The van der Waals surface area contributed by atoms with Crippen LogP contribution in [0.2, 0.25) is 0 Å². The summed E-state index contributed by atoms with van der Waals surface area (Å²) in [5, 5.41) is 0. The second-order valence-electron chi connectivity index (χ2n) is 8.12. The number of para-hydroxylation sites is 1. The fourth-order valence-electron chi connectivity index (χ4n) is 4.59. The number of hydrogen-bond donors (Lipinski definition) is 0. The Morgan fingerprint density at radius 1 is 1.12 bits per heavy atom. The molecular formula is C26H34F3N3O2. The number of carbonyl (C=O) groups excluding carboxylic acids is 1. The van der Waals surface area contributed by atoms with Gasteiger partial charge in [-0.25, -0.2) is 9.98 Å². The summed E-state index contributed by atoms with van der Waals surface area (Å²) in [7, 11) is 0. The highest BCUT2D eigenvalue weighted by Crippen LogP contribution is 2.48. The summed E-state index contributed by atoms with van der Waals surface area (Å²) < 4.78 is 42.6. The second kappa shape index (κ2) is 12.5. The monoisotopic (exact) mass is 477 g/mol. The topological polar surface area (TPSA) is 54.3 Å². The molecule has 2 aliphatic rings. The van der Waals surface area contributed by atoms with Gasteiger partial charge in [0.1, 0.15) is 17.3 Å². The third-order valence-corrected chi connectivity index (χ3v) is 5.94. The molecule has 0 spiro atoms. The molecule has 1 aliphatic heterocycles. The maximum atomic E-state index is 13.0. The molecule has 0 radical (unpaired) electrons. The Kier molecular flexibility index (Phi) is 10.1. The van der Waals surface area contributed by atoms with Gasteiger partial charge in [-0.05, 0) is 69.1 Å². The Labute approximate surface area is 200 Å². The van der Waals surface area contributed by atoms with Crippen LogP contribution in [0.5, 0.6) is 5.75 Å². The molecule has 1 aliphatic carbocycles. The molecular weight excluding hydrogens is 443 g/mol. The number of amidine groups is 1. The fourth-order valence-corrected chi connectivity index (χ4v) is 4.59. The molecule has 1 amide bonds. The van der Waals surface area contributed by atoms with Gasteiger partial charge in [-0.15, -0.1) is 13.2 Å².